The molecule has 0 aliphatic heterocycles. The van der Waals surface area contributed by atoms with Gasteiger partial charge in [-0.15, -0.1) is 0 Å². The van der Waals surface area contributed by atoms with Crippen LogP contribution < -0.4 is 9.62 Å². The number of amides is 2. The lowest BCUT2D eigenvalue weighted by Crippen LogP contribution is -2.52. The van der Waals surface area contributed by atoms with Gasteiger partial charge < -0.3 is 10.2 Å². The number of carbonyl (C=O) groups is 2. The predicted octanol–water partition coefficient (Wildman–Crippen LogP) is 4.31. The van der Waals surface area contributed by atoms with E-state index in [1.807, 2.05) is 38.1 Å². The Morgan fingerprint density at radius 2 is 1.64 bits per heavy atom. The van der Waals surface area contributed by atoms with Gasteiger partial charge in [-0.3, -0.25) is 13.9 Å². The van der Waals surface area contributed by atoms with Crippen LogP contribution in [0.1, 0.15) is 32.8 Å². The molecule has 0 bridgehead atoms. The first-order valence-corrected chi connectivity index (χ1v) is 13.9. The first-order valence-electron chi connectivity index (χ1n) is 10.5. The van der Waals surface area contributed by atoms with Gasteiger partial charge in [0.25, 0.3) is 0 Å². The zero-order valence-electron chi connectivity index (χ0n) is 19.1. The van der Waals surface area contributed by atoms with Crippen molar-refractivity contribution < 1.29 is 18.0 Å². The zero-order valence-corrected chi connectivity index (χ0v) is 23.1. The molecule has 33 heavy (non-hydrogen) atoms. The van der Waals surface area contributed by atoms with Crippen LogP contribution in [0.3, 0.4) is 0 Å². The maximum Gasteiger partial charge on any atom is 0.244 e. The predicted molar refractivity (Wildman–Crippen MR) is 138 cm³/mol. The number of rotatable bonds is 10. The molecule has 0 spiro atoms. The number of sulfonamides is 1. The molecule has 0 heterocycles. The van der Waals surface area contributed by atoms with Gasteiger partial charge in [0.2, 0.25) is 21.8 Å². The summed E-state index contributed by atoms with van der Waals surface area (Å²) in [4.78, 5) is 27.7. The fourth-order valence-electron chi connectivity index (χ4n) is 3.08. The molecule has 2 aromatic rings. The highest BCUT2D eigenvalue weighted by Crippen LogP contribution is 2.28. The van der Waals surface area contributed by atoms with Gasteiger partial charge in [-0.25, -0.2) is 8.42 Å². The third kappa shape index (κ3) is 7.82. The molecule has 0 aromatic heterocycles. The van der Waals surface area contributed by atoms with Crippen molar-refractivity contribution in [2.45, 2.75) is 45.8 Å². The molecule has 0 saturated carbocycles. The van der Waals surface area contributed by atoms with Crippen LogP contribution in [0.5, 0.6) is 0 Å². The average molecular weight is 603 g/mol. The number of carbonyl (C=O) groups excluding carboxylic acids is 2. The summed E-state index contributed by atoms with van der Waals surface area (Å²) in [6, 6.07) is 13.4. The molecular formula is C23H29Br2N3O4S. The van der Waals surface area contributed by atoms with E-state index in [0.717, 1.165) is 27.0 Å². The van der Waals surface area contributed by atoms with Crippen LogP contribution in [-0.2, 0) is 26.2 Å². The van der Waals surface area contributed by atoms with Crippen molar-refractivity contribution in [3.63, 3.8) is 0 Å². The summed E-state index contributed by atoms with van der Waals surface area (Å²) < 4.78 is 27.6. The van der Waals surface area contributed by atoms with E-state index in [0.29, 0.717) is 10.2 Å². The SMILES string of the molecule is CC[C@H](C)NC(=O)[C@H](C)N(Cc1ccc(Br)cc1)C(=O)CN(c1ccccc1Br)S(C)(=O)=O. The van der Waals surface area contributed by atoms with Crippen LogP contribution in [-0.4, -0.2) is 50.0 Å². The van der Waals surface area contributed by atoms with Gasteiger partial charge in [0.05, 0.1) is 11.9 Å². The monoisotopic (exact) mass is 601 g/mol. The number of nitrogens with one attached hydrogen (secondary N) is 1. The summed E-state index contributed by atoms with van der Waals surface area (Å²) in [6.07, 6.45) is 1.81. The van der Waals surface area contributed by atoms with E-state index in [-0.39, 0.29) is 18.5 Å². The summed E-state index contributed by atoms with van der Waals surface area (Å²) >= 11 is 6.76. The molecule has 0 aliphatic carbocycles. The third-order valence-electron chi connectivity index (χ3n) is 5.23. The smallest absolute Gasteiger partial charge is 0.244 e. The molecule has 10 heteroatoms. The minimum atomic E-state index is -3.77. The van der Waals surface area contributed by atoms with Crippen LogP contribution in [0, 0.1) is 0 Å². The maximum absolute atomic E-state index is 13.5. The quantitative estimate of drug-likeness (QED) is 0.439. The Balaban J connectivity index is 2.39. The Bertz CT molecular complexity index is 1080. The molecule has 2 atom stereocenters. The normalized spacial score (nSPS) is 13.2. The van der Waals surface area contributed by atoms with Crippen LogP contribution in [0.15, 0.2) is 57.5 Å². The Hall–Kier alpha value is -1.91. The first kappa shape index (κ1) is 27.3. The number of halogens is 2. The summed E-state index contributed by atoms with van der Waals surface area (Å²) in [5.41, 5.74) is 1.18. The van der Waals surface area contributed by atoms with E-state index in [9.17, 15) is 18.0 Å². The van der Waals surface area contributed by atoms with E-state index >= 15 is 0 Å². The number of benzene rings is 2. The van der Waals surface area contributed by atoms with Gasteiger partial charge in [-0.05, 0) is 66.0 Å². The van der Waals surface area contributed by atoms with E-state index in [2.05, 4.69) is 37.2 Å². The molecule has 0 saturated heterocycles. The second-order valence-electron chi connectivity index (χ2n) is 7.86. The summed E-state index contributed by atoms with van der Waals surface area (Å²) in [5.74, 6) is -0.771. The number of para-hydroxylation sites is 1. The molecule has 2 amide bonds. The summed E-state index contributed by atoms with van der Waals surface area (Å²) in [6.45, 7) is 5.23. The highest BCUT2D eigenvalue weighted by atomic mass is 79.9. The molecular weight excluding hydrogens is 574 g/mol. The summed E-state index contributed by atoms with van der Waals surface area (Å²) in [7, 11) is -3.77. The van der Waals surface area contributed by atoms with Gasteiger partial charge in [-0.1, -0.05) is 47.1 Å². The van der Waals surface area contributed by atoms with Gasteiger partial charge in [0.15, 0.2) is 0 Å². The molecule has 0 aliphatic rings. The standard InChI is InChI=1S/C23H29Br2N3O4S/c1-5-16(2)26-23(30)17(3)27(14-18-10-12-19(24)13-11-18)22(29)15-28(33(4,31)32)21-9-7-6-8-20(21)25/h6-13,16-17H,5,14-15H2,1-4H3,(H,26,30)/t16-,17-/m0/s1. The van der Waals surface area contributed by atoms with Crippen molar-refractivity contribution in [2.24, 2.45) is 0 Å². The van der Waals surface area contributed by atoms with Crippen LogP contribution in [0.2, 0.25) is 0 Å². The van der Waals surface area contributed by atoms with Crippen LogP contribution >= 0.6 is 31.9 Å². The highest BCUT2D eigenvalue weighted by molar-refractivity contribution is 9.10. The zero-order chi connectivity index (χ0) is 24.8. The minimum absolute atomic E-state index is 0.0441. The highest BCUT2D eigenvalue weighted by Gasteiger charge is 2.31. The van der Waals surface area contributed by atoms with Gasteiger partial charge in [-0.2, -0.15) is 0 Å². The number of hydrogen-bond acceptors (Lipinski definition) is 4. The van der Waals surface area contributed by atoms with E-state index in [1.54, 1.807) is 31.2 Å². The fraction of sp³-hybridized carbons (Fsp3) is 0.391. The number of hydrogen-bond donors (Lipinski definition) is 1. The molecule has 2 aromatic carbocycles. The van der Waals surface area contributed by atoms with Crippen LogP contribution in [0.25, 0.3) is 0 Å². The second-order valence-corrected chi connectivity index (χ2v) is 11.5. The lowest BCUT2D eigenvalue weighted by atomic mass is 10.1. The lowest BCUT2D eigenvalue weighted by molar-refractivity contribution is -0.139. The molecule has 0 radical (unpaired) electrons. The van der Waals surface area contributed by atoms with Crippen molar-refractivity contribution in [3.05, 3.63) is 63.0 Å². The molecule has 7 nitrogen and oxygen atoms in total. The molecule has 0 unspecified atom stereocenters. The van der Waals surface area contributed by atoms with E-state index in [1.165, 1.54) is 4.90 Å². The maximum atomic E-state index is 13.5. The van der Waals surface area contributed by atoms with Gasteiger partial charge in [0, 0.05) is 21.5 Å². The van der Waals surface area contributed by atoms with Crippen molar-refractivity contribution in [3.8, 4) is 0 Å². The van der Waals surface area contributed by atoms with Crippen LogP contribution in [0.4, 0.5) is 5.69 Å². The van der Waals surface area contributed by atoms with Gasteiger partial charge in [0.1, 0.15) is 12.6 Å². The molecule has 0 fully saturated rings. The Labute approximate surface area is 212 Å². The molecule has 1 N–H and O–H groups in total. The minimum Gasteiger partial charge on any atom is -0.352 e. The largest absolute Gasteiger partial charge is 0.352 e. The molecule has 2 rings (SSSR count). The fourth-order valence-corrected chi connectivity index (χ4v) is 4.83. The lowest BCUT2D eigenvalue weighted by Gasteiger charge is -2.32. The molecule has 180 valence electrons. The van der Waals surface area contributed by atoms with Crippen molar-refractivity contribution in [1.82, 2.24) is 10.2 Å². The third-order valence-corrected chi connectivity index (χ3v) is 7.56. The second kappa shape index (κ2) is 12.0. The Morgan fingerprint density at radius 1 is 1.03 bits per heavy atom. The van der Waals surface area contributed by atoms with Crippen molar-refractivity contribution in [1.29, 1.82) is 0 Å². The number of nitrogens with zero attached hydrogens (tertiary/aromatic N) is 2. The van der Waals surface area contributed by atoms with Crippen molar-refractivity contribution >= 4 is 59.4 Å². The number of anilines is 1. The van der Waals surface area contributed by atoms with E-state index < -0.39 is 28.5 Å². The first-order chi connectivity index (χ1) is 15.4. The topological polar surface area (TPSA) is 86.8 Å². The Morgan fingerprint density at radius 3 is 2.18 bits per heavy atom. The Kier molecular flexibility index (Phi) is 9.93. The van der Waals surface area contributed by atoms with Crippen molar-refractivity contribution in [2.75, 3.05) is 17.1 Å². The average Bonchev–Trinajstić information content (AvgIpc) is 2.76. The summed E-state index contributed by atoms with van der Waals surface area (Å²) in [5, 5.41) is 2.90. The van der Waals surface area contributed by atoms with E-state index in [4.69, 9.17) is 0 Å². The van der Waals surface area contributed by atoms with Gasteiger partial charge >= 0.3 is 0 Å².